The second kappa shape index (κ2) is 5.48. The molecule has 2 aromatic rings. The van der Waals surface area contributed by atoms with E-state index < -0.39 is 0 Å². The van der Waals surface area contributed by atoms with Crippen molar-refractivity contribution in [1.29, 1.82) is 0 Å². The first-order valence-electron chi connectivity index (χ1n) is 4.99. The van der Waals surface area contributed by atoms with Crippen LogP contribution in [0.25, 0.3) is 0 Å². The number of rotatable bonds is 3. The predicted octanol–water partition coefficient (Wildman–Crippen LogP) is 4.55. The van der Waals surface area contributed by atoms with Crippen molar-refractivity contribution in [3.63, 3.8) is 0 Å². The molecule has 1 nitrogen and oxygen atoms in total. The van der Waals surface area contributed by atoms with E-state index in [2.05, 4.69) is 15.9 Å². The molecule has 0 radical (unpaired) electrons. The van der Waals surface area contributed by atoms with Crippen molar-refractivity contribution in [3.8, 4) is 0 Å². The van der Waals surface area contributed by atoms with Crippen molar-refractivity contribution in [3.05, 3.63) is 55.4 Å². The number of hydrogen-bond acceptors (Lipinski definition) is 2. The summed E-state index contributed by atoms with van der Waals surface area (Å²) >= 11 is 10.8. The van der Waals surface area contributed by atoms with Crippen molar-refractivity contribution in [2.75, 3.05) is 0 Å². The van der Waals surface area contributed by atoms with E-state index in [-0.39, 0.29) is 11.9 Å². The van der Waals surface area contributed by atoms with Crippen LogP contribution in [-0.2, 0) is 6.42 Å². The van der Waals surface area contributed by atoms with E-state index >= 15 is 0 Å². The molecular weight excluding hydrogens is 325 g/mol. The Morgan fingerprint density at radius 1 is 1.41 bits per heavy atom. The van der Waals surface area contributed by atoms with Crippen LogP contribution in [0.2, 0.25) is 5.02 Å². The molecule has 0 saturated heterocycles. The lowest BCUT2D eigenvalue weighted by Crippen LogP contribution is -2.12. The number of thiophene rings is 1. The molecular formula is C12H10BrClFNS. The Balaban J connectivity index is 2.18. The highest BCUT2D eigenvalue weighted by atomic mass is 79.9. The van der Waals surface area contributed by atoms with Crippen molar-refractivity contribution in [2.24, 2.45) is 5.73 Å². The molecule has 90 valence electrons. The van der Waals surface area contributed by atoms with Gasteiger partial charge in [0.15, 0.2) is 0 Å². The fraction of sp³-hybridized carbons (Fsp3) is 0.167. The number of benzene rings is 1. The summed E-state index contributed by atoms with van der Waals surface area (Å²) in [4.78, 5) is 1.02. The van der Waals surface area contributed by atoms with E-state index in [1.54, 1.807) is 17.4 Å². The zero-order valence-electron chi connectivity index (χ0n) is 8.79. The number of hydrogen-bond donors (Lipinski definition) is 1. The van der Waals surface area contributed by atoms with Gasteiger partial charge in [-0.1, -0.05) is 11.6 Å². The molecule has 0 amide bonds. The molecule has 0 bridgehead atoms. The maximum Gasteiger partial charge on any atom is 0.126 e. The Hall–Kier alpha value is -0.420. The third-order valence-electron chi connectivity index (χ3n) is 2.40. The summed E-state index contributed by atoms with van der Waals surface area (Å²) < 4.78 is 14.5. The first-order valence-corrected chi connectivity index (χ1v) is 7.05. The van der Waals surface area contributed by atoms with Crippen molar-refractivity contribution < 1.29 is 4.39 Å². The second-order valence-electron chi connectivity index (χ2n) is 3.71. The summed E-state index contributed by atoms with van der Waals surface area (Å²) in [7, 11) is 0. The van der Waals surface area contributed by atoms with Gasteiger partial charge >= 0.3 is 0 Å². The summed E-state index contributed by atoms with van der Waals surface area (Å²) in [6.45, 7) is 0. The SMILES string of the molecule is NC(Cc1cc(Cl)ccc1F)c1cc(Br)cs1. The highest BCUT2D eigenvalue weighted by Gasteiger charge is 2.12. The Labute approximate surface area is 117 Å². The first kappa shape index (κ1) is 13.0. The molecule has 1 aromatic carbocycles. The van der Waals surface area contributed by atoms with Crippen LogP contribution in [-0.4, -0.2) is 0 Å². The first-order chi connectivity index (χ1) is 8.06. The maximum absolute atomic E-state index is 13.5. The van der Waals surface area contributed by atoms with E-state index in [1.807, 2.05) is 11.4 Å². The van der Waals surface area contributed by atoms with Gasteiger partial charge in [0.2, 0.25) is 0 Å². The molecule has 1 unspecified atom stereocenters. The summed E-state index contributed by atoms with van der Waals surface area (Å²) in [5, 5.41) is 2.49. The van der Waals surface area contributed by atoms with Gasteiger partial charge in [-0.2, -0.15) is 0 Å². The van der Waals surface area contributed by atoms with Crippen LogP contribution in [0, 0.1) is 5.82 Å². The molecule has 0 fully saturated rings. The fourth-order valence-corrected chi connectivity index (χ4v) is 3.20. The van der Waals surface area contributed by atoms with E-state index in [4.69, 9.17) is 17.3 Å². The third-order valence-corrected chi connectivity index (χ3v) is 4.46. The van der Waals surface area contributed by atoms with Crippen molar-refractivity contribution in [2.45, 2.75) is 12.5 Å². The van der Waals surface area contributed by atoms with Crippen LogP contribution in [0.5, 0.6) is 0 Å². The molecule has 1 atom stereocenters. The maximum atomic E-state index is 13.5. The van der Waals surface area contributed by atoms with Crippen LogP contribution in [0.1, 0.15) is 16.5 Å². The minimum Gasteiger partial charge on any atom is -0.323 e. The second-order valence-corrected chi connectivity index (χ2v) is 6.01. The molecule has 0 aliphatic heterocycles. The number of halogens is 3. The largest absolute Gasteiger partial charge is 0.323 e. The highest BCUT2D eigenvalue weighted by molar-refractivity contribution is 9.10. The van der Waals surface area contributed by atoms with Gasteiger partial charge in [-0.15, -0.1) is 11.3 Å². The summed E-state index contributed by atoms with van der Waals surface area (Å²) in [5.41, 5.74) is 6.59. The lowest BCUT2D eigenvalue weighted by Gasteiger charge is -2.10. The standard InChI is InChI=1S/C12H10BrClFNS/c13-8-5-12(17-6-8)11(16)4-7-3-9(14)1-2-10(7)15/h1-3,5-6,11H,4,16H2. The average molecular weight is 335 g/mol. The van der Waals surface area contributed by atoms with Gasteiger partial charge in [-0.25, -0.2) is 4.39 Å². The molecule has 0 saturated carbocycles. The van der Waals surface area contributed by atoms with Gasteiger partial charge in [0, 0.05) is 25.8 Å². The van der Waals surface area contributed by atoms with Crippen LogP contribution in [0.15, 0.2) is 34.1 Å². The normalized spacial score (nSPS) is 12.7. The van der Waals surface area contributed by atoms with Crippen LogP contribution in [0.4, 0.5) is 4.39 Å². The summed E-state index contributed by atoms with van der Waals surface area (Å²) in [5.74, 6) is -0.263. The number of nitrogens with two attached hydrogens (primary N) is 1. The quantitative estimate of drug-likeness (QED) is 0.876. The van der Waals surface area contributed by atoms with E-state index in [0.29, 0.717) is 17.0 Å². The van der Waals surface area contributed by atoms with Gasteiger partial charge in [0.1, 0.15) is 5.82 Å². The smallest absolute Gasteiger partial charge is 0.126 e. The Kier molecular flexibility index (Phi) is 4.20. The molecule has 2 N–H and O–H groups in total. The Morgan fingerprint density at radius 3 is 2.82 bits per heavy atom. The van der Waals surface area contributed by atoms with E-state index in [9.17, 15) is 4.39 Å². The van der Waals surface area contributed by atoms with Gasteiger partial charge in [0.05, 0.1) is 0 Å². The van der Waals surface area contributed by atoms with Gasteiger partial charge < -0.3 is 5.73 Å². The minimum atomic E-state index is -0.263. The Bertz CT molecular complexity index is 529. The molecule has 1 heterocycles. The lowest BCUT2D eigenvalue weighted by molar-refractivity contribution is 0.595. The van der Waals surface area contributed by atoms with Crippen LogP contribution < -0.4 is 5.73 Å². The van der Waals surface area contributed by atoms with Crippen LogP contribution >= 0.6 is 38.9 Å². The monoisotopic (exact) mass is 333 g/mol. The molecule has 5 heteroatoms. The molecule has 17 heavy (non-hydrogen) atoms. The topological polar surface area (TPSA) is 26.0 Å². The average Bonchev–Trinajstić information content (AvgIpc) is 2.70. The zero-order chi connectivity index (χ0) is 12.4. The molecule has 1 aromatic heterocycles. The molecule has 2 rings (SSSR count). The zero-order valence-corrected chi connectivity index (χ0v) is 11.9. The predicted molar refractivity (Wildman–Crippen MR) is 74.1 cm³/mol. The van der Waals surface area contributed by atoms with Crippen molar-refractivity contribution >= 4 is 38.9 Å². The lowest BCUT2D eigenvalue weighted by atomic mass is 10.0. The van der Waals surface area contributed by atoms with Gasteiger partial charge in [-0.05, 0) is 52.2 Å². The minimum absolute atomic E-state index is 0.209. The summed E-state index contributed by atoms with van der Waals surface area (Å²) in [6.07, 6.45) is 0.444. The Morgan fingerprint density at radius 2 is 2.18 bits per heavy atom. The van der Waals surface area contributed by atoms with E-state index in [0.717, 1.165) is 9.35 Å². The van der Waals surface area contributed by atoms with Crippen LogP contribution in [0.3, 0.4) is 0 Å². The molecule has 0 aliphatic carbocycles. The van der Waals surface area contributed by atoms with Gasteiger partial charge in [0.25, 0.3) is 0 Å². The third kappa shape index (κ3) is 3.28. The molecule has 0 aliphatic rings. The summed E-state index contributed by atoms with van der Waals surface area (Å²) in [6, 6.07) is 6.28. The van der Waals surface area contributed by atoms with Gasteiger partial charge in [-0.3, -0.25) is 0 Å². The highest BCUT2D eigenvalue weighted by Crippen LogP contribution is 2.27. The van der Waals surface area contributed by atoms with Crippen molar-refractivity contribution in [1.82, 2.24) is 0 Å². The molecule has 0 spiro atoms. The fourth-order valence-electron chi connectivity index (χ4n) is 1.56. The van der Waals surface area contributed by atoms with E-state index in [1.165, 1.54) is 12.1 Å².